The second kappa shape index (κ2) is 5.41. The van der Waals surface area contributed by atoms with Crippen molar-refractivity contribution in [3.8, 4) is 11.5 Å². The zero-order chi connectivity index (χ0) is 14.8. The lowest BCUT2D eigenvalue weighted by molar-refractivity contribution is 0.0481. The minimum absolute atomic E-state index is 0.119. The van der Waals surface area contributed by atoms with Crippen LogP contribution in [0.3, 0.4) is 0 Å². The van der Waals surface area contributed by atoms with Gasteiger partial charge in [0.15, 0.2) is 9.84 Å². The van der Waals surface area contributed by atoms with Gasteiger partial charge in [0.1, 0.15) is 0 Å². The van der Waals surface area contributed by atoms with E-state index in [-0.39, 0.29) is 23.3 Å². The Bertz CT molecular complexity index is 719. The van der Waals surface area contributed by atoms with Crippen molar-refractivity contribution in [2.24, 2.45) is 0 Å². The lowest BCUT2D eigenvalue weighted by Crippen LogP contribution is -2.04. The first-order chi connectivity index (χ1) is 9.41. The third-order valence-corrected chi connectivity index (χ3v) is 3.53. The smallest absolute Gasteiger partial charge is 0.396 e. The van der Waals surface area contributed by atoms with E-state index in [0.29, 0.717) is 5.56 Å². The maximum Gasteiger partial charge on any atom is 0.396 e. The van der Waals surface area contributed by atoms with Gasteiger partial charge in [-0.3, -0.25) is 0 Å². The molecular weight excluding hydrogens is 284 g/mol. The van der Waals surface area contributed by atoms with Crippen LogP contribution in [-0.4, -0.2) is 37.4 Å². The molecule has 0 aliphatic rings. The molecule has 1 aromatic carbocycles. The zero-order valence-corrected chi connectivity index (χ0v) is 11.7. The van der Waals surface area contributed by atoms with Gasteiger partial charge in [-0.1, -0.05) is 0 Å². The molecule has 0 saturated carbocycles. The Kier molecular flexibility index (Phi) is 3.84. The molecule has 2 rings (SSSR count). The van der Waals surface area contributed by atoms with Crippen LogP contribution in [0.4, 0.5) is 0 Å². The lowest BCUT2D eigenvalue weighted by atomic mass is 10.2. The molecule has 0 saturated heterocycles. The third kappa shape index (κ3) is 3.02. The average molecular weight is 296 g/mol. The van der Waals surface area contributed by atoms with Crippen LogP contribution in [0.25, 0.3) is 11.5 Å². The number of aromatic nitrogens is 2. The molecule has 0 aliphatic carbocycles. The Balaban J connectivity index is 2.27. The van der Waals surface area contributed by atoms with E-state index in [2.05, 4.69) is 10.2 Å². The molecule has 2 aromatic rings. The molecule has 0 spiro atoms. The molecule has 0 bridgehead atoms. The predicted octanol–water partition coefficient (Wildman–Crippen LogP) is 1.32. The predicted molar refractivity (Wildman–Crippen MR) is 68.8 cm³/mol. The summed E-state index contributed by atoms with van der Waals surface area (Å²) in [5.74, 6) is -0.818. The molecule has 0 fully saturated rings. The number of hydrogen-bond donors (Lipinski definition) is 0. The average Bonchev–Trinajstić information content (AvgIpc) is 2.88. The van der Waals surface area contributed by atoms with Gasteiger partial charge in [-0.2, -0.15) is 0 Å². The molecule has 0 aliphatic heterocycles. The van der Waals surface area contributed by atoms with Crippen LogP contribution < -0.4 is 0 Å². The van der Waals surface area contributed by atoms with Gasteiger partial charge >= 0.3 is 11.9 Å². The molecule has 1 aromatic heterocycles. The molecule has 8 heteroatoms. The quantitative estimate of drug-likeness (QED) is 0.784. The number of carbonyl (C=O) groups excluding carboxylic acids is 1. The highest BCUT2D eigenvalue weighted by molar-refractivity contribution is 7.90. The minimum atomic E-state index is -3.26. The molecular formula is C12H12N2O5S. The van der Waals surface area contributed by atoms with Crippen molar-refractivity contribution < 1.29 is 22.4 Å². The number of carbonyl (C=O) groups is 1. The summed E-state index contributed by atoms with van der Waals surface area (Å²) >= 11 is 0. The number of sulfone groups is 1. The standard InChI is InChI=1S/C12H12N2O5S/c1-3-18-12(15)11-14-13-10(19-11)8-4-6-9(7-5-8)20(2,16)17/h4-7H,3H2,1-2H3. The van der Waals surface area contributed by atoms with Gasteiger partial charge in [0.2, 0.25) is 5.89 Å². The van der Waals surface area contributed by atoms with Crippen LogP contribution in [0.15, 0.2) is 33.6 Å². The zero-order valence-electron chi connectivity index (χ0n) is 10.9. The third-order valence-electron chi connectivity index (χ3n) is 2.40. The topological polar surface area (TPSA) is 99.4 Å². The molecule has 20 heavy (non-hydrogen) atoms. The van der Waals surface area contributed by atoms with Gasteiger partial charge in [-0.15, -0.1) is 10.2 Å². The SMILES string of the molecule is CCOC(=O)c1nnc(-c2ccc(S(C)(=O)=O)cc2)o1. The highest BCUT2D eigenvalue weighted by atomic mass is 32.2. The fourth-order valence-corrected chi connectivity index (χ4v) is 2.09. The molecule has 1 heterocycles. The van der Waals surface area contributed by atoms with E-state index >= 15 is 0 Å². The molecule has 0 unspecified atom stereocenters. The van der Waals surface area contributed by atoms with Crippen LogP contribution in [0, 0.1) is 0 Å². The van der Waals surface area contributed by atoms with Crippen LogP contribution in [0.5, 0.6) is 0 Å². The number of nitrogens with zero attached hydrogens (tertiary/aromatic N) is 2. The van der Waals surface area contributed by atoms with Crippen LogP contribution in [-0.2, 0) is 14.6 Å². The Morgan fingerprint density at radius 1 is 1.25 bits per heavy atom. The Labute approximate surface area is 115 Å². The van der Waals surface area contributed by atoms with Crippen molar-refractivity contribution in [2.75, 3.05) is 12.9 Å². The van der Waals surface area contributed by atoms with Gasteiger partial charge in [-0.05, 0) is 31.2 Å². The van der Waals surface area contributed by atoms with Gasteiger partial charge in [0.05, 0.1) is 11.5 Å². The number of hydrogen-bond acceptors (Lipinski definition) is 7. The number of ether oxygens (including phenoxy) is 1. The number of benzene rings is 1. The Morgan fingerprint density at radius 3 is 2.45 bits per heavy atom. The second-order valence-electron chi connectivity index (χ2n) is 3.93. The van der Waals surface area contributed by atoms with E-state index in [1.54, 1.807) is 6.92 Å². The van der Waals surface area contributed by atoms with Crippen LogP contribution in [0.1, 0.15) is 17.6 Å². The highest BCUT2D eigenvalue weighted by Gasteiger charge is 2.17. The van der Waals surface area contributed by atoms with Crippen LogP contribution in [0.2, 0.25) is 0 Å². The van der Waals surface area contributed by atoms with E-state index in [1.165, 1.54) is 24.3 Å². The first-order valence-electron chi connectivity index (χ1n) is 5.73. The summed E-state index contributed by atoms with van der Waals surface area (Å²) in [6, 6.07) is 5.91. The molecule has 0 amide bonds. The molecule has 106 valence electrons. The van der Waals surface area contributed by atoms with Crippen molar-refractivity contribution in [2.45, 2.75) is 11.8 Å². The molecule has 0 atom stereocenters. The normalized spacial score (nSPS) is 11.3. The van der Waals surface area contributed by atoms with Gasteiger partial charge in [0, 0.05) is 11.8 Å². The monoisotopic (exact) mass is 296 g/mol. The summed E-state index contributed by atoms with van der Waals surface area (Å²) in [7, 11) is -3.26. The van der Waals surface area contributed by atoms with E-state index in [0.717, 1.165) is 6.26 Å². The van der Waals surface area contributed by atoms with Gasteiger partial charge in [0.25, 0.3) is 0 Å². The summed E-state index contributed by atoms with van der Waals surface area (Å²) in [4.78, 5) is 11.6. The number of esters is 1. The fraction of sp³-hybridized carbons (Fsp3) is 0.250. The van der Waals surface area contributed by atoms with E-state index in [4.69, 9.17) is 9.15 Å². The maximum absolute atomic E-state index is 11.4. The van der Waals surface area contributed by atoms with Gasteiger partial charge in [-0.25, -0.2) is 13.2 Å². The van der Waals surface area contributed by atoms with Crippen molar-refractivity contribution in [3.63, 3.8) is 0 Å². The second-order valence-corrected chi connectivity index (χ2v) is 5.95. The highest BCUT2D eigenvalue weighted by Crippen LogP contribution is 2.20. The fourth-order valence-electron chi connectivity index (χ4n) is 1.46. The summed E-state index contributed by atoms with van der Waals surface area (Å²) in [6.45, 7) is 1.87. The first kappa shape index (κ1) is 14.2. The molecule has 0 radical (unpaired) electrons. The van der Waals surface area contributed by atoms with Crippen molar-refractivity contribution in [1.82, 2.24) is 10.2 Å². The van der Waals surface area contributed by atoms with E-state index in [1.807, 2.05) is 0 Å². The molecule has 7 nitrogen and oxygen atoms in total. The van der Waals surface area contributed by atoms with Crippen molar-refractivity contribution >= 4 is 15.8 Å². The van der Waals surface area contributed by atoms with Crippen molar-refractivity contribution in [3.05, 3.63) is 30.2 Å². The summed E-state index contributed by atoms with van der Waals surface area (Å²) < 4.78 is 32.6. The maximum atomic E-state index is 11.4. The summed E-state index contributed by atoms with van der Waals surface area (Å²) in [6.07, 6.45) is 1.12. The Hall–Kier alpha value is -2.22. The summed E-state index contributed by atoms with van der Waals surface area (Å²) in [5, 5.41) is 7.29. The Morgan fingerprint density at radius 2 is 1.90 bits per heavy atom. The molecule has 0 N–H and O–H groups in total. The number of rotatable bonds is 4. The van der Waals surface area contributed by atoms with E-state index < -0.39 is 15.8 Å². The van der Waals surface area contributed by atoms with E-state index in [9.17, 15) is 13.2 Å². The lowest BCUT2D eigenvalue weighted by Gasteiger charge is -1.99. The van der Waals surface area contributed by atoms with Gasteiger partial charge < -0.3 is 9.15 Å². The summed E-state index contributed by atoms with van der Waals surface area (Å²) in [5.41, 5.74) is 0.514. The van der Waals surface area contributed by atoms with Crippen molar-refractivity contribution in [1.29, 1.82) is 0 Å². The minimum Gasteiger partial charge on any atom is -0.459 e. The largest absolute Gasteiger partial charge is 0.459 e. The first-order valence-corrected chi connectivity index (χ1v) is 7.62. The van der Waals surface area contributed by atoms with Crippen LogP contribution >= 0.6 is 0 Å².